The molecule has 1 aliphatic heterocycles. The molecule has 0 atom stereocenters. The number of nitrogens with zero attached hydrogens (tertiary/aromatic N) is 6. The Balaban J connectivity index is 1.31. The third-order valence-corrected chi connectivity index (χ3v) is 5.45. The Bertz CT molecular complexity index is 944. The van der Waals surface area contributed by atoms with Crippen LogP contribution in [0.2, 0.25) is 0 Å². The normalized spacial score (nSPS) is 17.5. The van der Waals surface area contributed by atoms with Gasteiger partial charge in [-0.3, -0.25) is 0 Å². The molecule has 0 bridgehead atoms. The molecule has 3 aromatic rings. The Morgan fingerprint density at radius 2 is 1.96 bits per heavy atom. The quantitative estimate of drug-likeness (QED) is 0.694. The monoisotopic (exact) mass is 368 g/mol. The molecule has 3 aromatic heterocycles. The molecule has 5 rings (SSSR count). The summed E-state index contributed by atoms with van der Waals surface area (Å²) in [6.45, 7) is 3.08. The van der Waals surface area contributed by atoms with Crippen molar-refractivity contribution in [1.29, 1.82) is 5.26 Å². The summed E-state index contributed by atoms with van der Waals surface area (Å²) in [4.78, 5) is 13.2. The predicted molar refractivity (Wildman–Crippen MR) is 95.2 cm³/mol. The minimum absolute atomic E-state index is 0.289. The third kappa shape index (κ3) is 2.72. The average Bonchev–Trinajstić information content (AvgIpc) is 3.12. The van der Waals surface area contributed by atoms with Gasteiger partial charge in [-0.25, -0.2) is 4.98 Å². The third-order valence-electron chi connectivity index (χ3n) is 4.66. The van der Waals surface area contributed by atoms with Crippen LogP contribution in [0.5, 0.6) is 0 Å². The van der Waals surface area contributed by atoms with Crippen LogP contribution in [-0.2, 0) is 0 Å². The second-order valence-electron chi connectivity index (χ2n) is 6.45. The van der Waals surface area contributed by atoms with Crippen molar-refractivity contribution in [3.63, 3.8) is 0 Å². The number of aromatic nitrogens is 3. The van der Waals surface area contributed by atoms with Crippen LogP contribution in [0.15, 0.2) is 27.2 Å². The lowest BCUT2D eigenvalue weighted by molar-refractivity contribution is 0.501. The summed E-state index contributed by atoms with van der Waals surface area (Å²) in [6.07, 6.45) is 3.98. The van der Waals surface area contributed by atoms with Crippen molar-refractivity contribution in [2.75, 3.05) is 36.0 Å². The summed E-state index contributed by atoms with van der Waals surface area (Å²) in [5.74, 6) is 2.94. The maximum atomic E-state index is 9.39. The van der Waals surface area contributed by atoms with Crippen molar-refractivity contribution in [3.05, 3.63) is 29.9 Å². The first kappa shape index (κ1) is 15.4. The summed E-state index contributed by atoms with van der Waals surface area (Å²) in [5, 5.41) is 10.4. The smallest absolute Gasteiger partial charge is 0.266 e. The zero-order chi connectivity index (χ0) is 17.5. The summed E-state index contributed by atoms with van der Waals surface area (Å²) in [7, 11) is 0. The summed E-state index contributed by atoms with van der Waals surface area (Å²) >= 11 is 1.48. The largest absolute Gasteiger partial charge is 0.459 e. The first-order valence-corrected chi connectivity index (χ1v) is 9.37. The Hall–Kier alpha value is -2.86. The molecule has 1 saturated carbocycles. The van der Waals surface area contributed by atoms with E-state index in [1.807, 2.05) is 0 Å². The van der Waals surface area contributed by atoms with Crippen LogP contribution < -0.4 is 9.80 Å². The second kappa shape index (κ2) is 6.14. The number of hydrogen-bond acceptors (Lipinski definition) is 9. The molecule has 0 unspecified atom stereocenters. The van der Waals surface area contributed by atoms with Crippen molar-refractivity contribution in [1.82, 2.24) is 14.3 Å². The van der Waals surface area contributed by atoms with Gasteiger partial charge in [0.1, 0.15) is 11.9 Å². The van der Waals surface area contributed by atoms with Crippen LogP contribution in [0.25, 0.3) is 11.7 Å². The van der Waals surface area contributed by atoms with Crippen LogP contribution in [0.1, 0.15) is 30.3 Å². The number of nitriles is 1. The van der Waals surface area contributed by atoms with E-state index in [0.29, 0.717) is 23.5 Å². The molecule has 0 amide bonds. The highest BCUT2D eigenvalue weighted by Crippen LogP contribution is 2.40. The van der Waals surface area contributed by atoms with E-state index in [1.54, 1.807) is 18.4 Å². The summed E-state index contributed by atoms with van der Waals surface area (Å²) < 4.78 is 15.6. The van der Waals surface area contributed by atoms with Crippen molar-refractivity contribution < 1.29 is 8.83 Å². The van der Waals surface area contributed by atoms with Gasteiger partial charge in [0.05, 0.1) is 6.26 Å². The van der Waals surface area contributed by atoms with Crippen molar-refractivity contribution in [3.8, 4) is 17.7 Å². The van der Waals surface area contributed by atoms with Crippen LogP contribution in [-0.4, -0.2) is 40.5 Å². The SMILES string of the molecule is N#Cc1nc(-c2ccco2)oc1N1CCN(c2nc(C3CC3)ns2)CC1. The molecular formula is C17H16N6O2S. The molecule has 1 aliphatic carbocycles. The summed E-state index contributed by atoms with van der Waals surface area (Å²) in [5.41, 5.74) is 0.289. The van der Waals surface area contributed by atoms with E-state index in [4.69, 9.17) is 8.83 Å². The highest BCUT2D eigenvalue weighted by molar-refractivity contribution is 7.09. The maximum absolute atomic E-state index is 9.39. The predicted octanol–water partition coefficient (Wildman–Crippen LogP) is 2.86. The zero-order valence-electron chi connectivity index (χ0n) is 14.0. The standard InChI is InChI=1S/C17H16N6O2S/c18-10-12-16(25-15(19-12)13-2-1-9-24-13)22-5-7-23(8-6-22)17-20-14(21-26-17)11-3-4-11/h1-2,9,11H,3-8H2. The molecule has 0 spiro atoms. The molecule has 0 N–H and O–H groups in total. The van der Waals surface area contributed by atoms with E-state index in [-0.39, 0.29) is 5.69 Å². The van der Waals surface area contributed by atoms with Gasteiger partial charge in [0.15, 0.2) is 5.76 Å². The molecular weight excluding hydrogens is 352 g/mol. The molecule has 0 radical (unpaired) electrons. The van der Waals surface area contributed by atoms with E-state index >= 15 is 0 Å². The fraction of sp³-hybridized carbons (Fsp3) is 0.412. The molecule has 132 valence electrons. The highest BCUT2D eigenvalue weighted by atomic mass is 32.1. The molecule has 9 heteroatoms. The number of anilines is 2. The van der Waals surface area contributed by atoms with Gasteiger partial charge in [-0.05, 0) is 25.0 Å². The van der Waals surface area contributed by atoms with Crippen LogP contribution in [0.3, 0.4) is 0 Å². The van der Waals surface area contributed by atoms with Gasteiger partial charge in [-0.2, -0.15) is 14.6 Å². The van der Waals surface area contributed by atoms with Crippen LogP contribution >= 0.6 is 11.5 Å². The fourth-order valence-electron chi connectivity index (χ4n) is 3.07. The Morgan fingerprint density at radius 1 is 1.15 bits per heavy atom. The Labute approximate surface area is 153 Å². The van der Waals surface area contributed by atoms with Crippen molar-refractivity contribution in [2.24, 2.45) is 0 Å². The minimum Gasteiger partial charge on any atom is -0.459 e. The van der Waals surface area contributed by atoms with Gasteiger partial charge in [0.25, 0.3) is 5.89 Å². The molecule has 1 saturated heterocycles. The van der Waals surface area contributed by atoms with Gasteiger partial charge < -0.3 is 18.6 Å². The number of oxazole rings is 1. The molecule has 8 nitrogen and oxygen atoms in total. The van der Waals surface area contributed by atoms with Crippen molar-refractivity contribution >= 4 is 22.5 Å². The van der Waals surface area contributed by atoms with Crippen LogP contribution in [0.4, 0.5) is 11.0 Å². The van der Waals surface area contributed by atoms with Crippen molar-refractivity contribution in [2.45, 2.75) is 18.8 Å². The topological polar surface area (TPSA) is 95.2 Å². The van der Waals surface area contributed by atoms with Gasteiger partial charge >= 0.3 is 0 Å². The van der Waals surface area contributed by atoms with E-state index in [0.717, 1.165) is 37.1 Å². The molecule has 0 aromatic carbocycles. The van der Waals surface area contributed by atoms with E-state index < -0.39 is 0 Å². The Morgan fingerprint density at radius 3 is 2.65 bits per heavy atom. The molecule has 2 fully saturated rings. The first-order chi connectivity index (χ1) is 12.8. The van der Waals surface area contributed by atoms with Gasteiger partial charge in [-0.1, -0.05) is 0 Å². The molecule has 2 aliphatic rings. The van der Waals surface area contributed by atoms with Gasteiger partial charge in [-0.15, -0.1) is 0 Å². The minimum atomic E-state index is 0.289. The number of hydrogen-bond donors (Lipinski definition) is 0. The number of furan rings is 1. The lowest BCUT2D eigenvalue weighted by atomic mass is 10.3. The maximum Gasteiger partial charge on any atom is 0.266 e. The molecule has 4 heterocycles. The highest BCUT2D eigenvalue weighted by Gasteiger charge is 2.30. The lowest BCUT2D eigenvalue weighted by Gasteiger charge is -2.34. The zero-order valence-corrected chi connectivity index (χ0v) is 14.8. The van der Waals surface area contributed by atoms with Gasteiger partial charge in [0, 0.05) is 43.6 Å². The lowest BCUT2D eigenvalue weighted by Crippen LogP contribution is -2.46. The van der Waals surface area contributed by atoms with E-state index in [2.05, 4.69) is 30.2 Å². The summed E-state index contributed by atoms with van der Waals surface area (Å²) in [6, 6.07) is 5.65. The number of piperazine rings is 1. The van der Waals surface area contributed by atoms with Gasteiger partial charge in [0.2, 0.25) is 16.7 Å². The second-order valence-corrected chi connectivity index (χ2v) is 7.18. The van der Waals surface area contributed by atoms with E-state index in [1.165, 1.54) is 24.4 Å². The molecule has 26 heavy (non-hydrogen) atoms. The fourth-order valence-corrected chi connectivity index (χ4v) is 3.87. The Kier molecular flexibility index (Phi) is 3.64. The average molecular weight is 368 g/mol. The first-order valence-electron chi connectivity index (χ1n) is 8.60. The van der Waals surface area contributed by atoms with Crippen LogP contribution in [0, 0.1) is 11.3 Å². The number of rotatable bonds is 4. The van der Waals surface area contributed by atoms with E-state index in [9.17, 15) is 5.26 Å².